The van der Waals surface area contributed by atoms with E-state index in [9.17, 15) is 31.9 Å². The molecule has 3 heterocycles. The predicted octanol–water partition coefficient (Wildman–Crippen LogP) is 4.53. The molecule has 2 amide bonds. The number of halogens is 4. The Bertz CT molecular complexity index is 1640. The molecule has 8 nitrogen and oxygen atoms in total. The molecule has 0 bridgehead atoms. The first-order chi connectivity index (χ1) is 19.0. The SMILES string of the molecule is Cc1c(C(=O)N2CCN(c3ccccc3F)CC2)sc2ncn(CC(=O)Nc3ccc(C(F)(F)F)cc3)c(=O)c12. The Morgan fingerprint density at radius 2 is 1.70 bits per heavy atom. The molecular weight excluding hydrogens is 550 g/mol. The molecule has 0 radical (unpaired) electrons. The second kappa shape index (κ2) is 10.7. The standard InChI is InChI=1S/C27H23F4N5O3S/c1-16-22-24(40-23(16)26(39)35-12-10-34(11-13-35)20-5-3-2-4-19(20)28)32-15-36(25(22)38)14-21(37)33-18-8-6-17(7-9-18)27(29,30)31/h2-9,15H,10-14H2,1H3,(H,33,37). The normalized spacial score (nSPS) is 14.0. The molecule has 0 unspecified atom stereocenters. The third-order valence-corrected chi connectivity index (χ3v) is 7.87. The van der Waals surface area contributed by atoms with Crippen LogP contribution in [0.15, 0.2) is 59.7 Å². The Morgan fingerprint density at radius 3 is 2.35 bits per heavy atom. The van der Waals surface area contributed by atoms with Gasteiger partial charge in [0.1, 0.15) is 17.2 Å². The lowest BCUT2D eigenvalue weighted by molar-refractivity contribution is -0.137. The Kier molecular flexibility index (Phi) is 7.32. The fourth-order valence-corrected chi connectivity index (χ4v) is 5.68. The zero-order chi connectivity index (χ0) is 28.6. The Morgan fingerprint density at radius 1 is 1.02 bits per heavy atom. The van der Waals surface area contributed by atoms with Crippen molar-refractivity contribution in [2.75, 3.05) is 36.4 Å². The summed E-state index contributed by atoms with van der Waals surface area (Å²) in [6, 6.07) is 10.4. The molecule has 0 saturated carbocycles. The number of amides is 2. The first kappa shape index (κ1) is 27.3. The molecule has 0 atom stereocenters. The van der Waals surface area contributed by atoms with Crippen LogP contribution in [-0.2, 0) is 17.5 Å². The highest BCUT2D eigenvalue weighted by atomic mass is 32.1. The first-order valence-electron chi connectivity index (χ1n) is 12.3. The summed E-state index contributed by atoms with van der Waals surface area (Å²) in [7, 11) is 0. The van der Waals surface area contributed by atoms with Crippen molar-refractivity contribution in [3.05, 3.63) is 87.0 Å². The Balaban J connectivity index is 1.28. The minimum Gasteiger partial charge on any atom is -0.366 e. The maximum Gasteiger partial charge on any atom is 0.416 e. The van der Waals surface area contributed by atoms with Gasteiger partial charge in [0.15, 0.2) is 0 Å². The van der Waals surface area contributed by atoms with Crippen LogP contribution in [0, 0.1) is 12.7 Å². The number of anilines is 2. The monoisotopic (exact) mass is 573 g/mol. The number of carbonyl (C=O) groups is 2. The zero-order valence-electron chi connectivity index (χ0n) is 21.2. The van der Waals surface area contributed by atoms with E-state index in [4.69, 9.17) is 0 Å². The summed E-state index contributed by atoms with van der Waals surface area (Å²) in [6.07, 6.45) is -3.29. The van der Waals surface area contributed by atoms with Crippen LogP contribution in [0.25, 0.3) is 10.2 Å². The summed E-state index contributed by atoms with van der Waals surface area (Å²) < 4.78 is 53.5. The number of rotatable bonds is 5. The lowest BCUT2D eigenvalue weighted by atomic mass is 10.2. The number of piperazine rings is 1. The number of fused-ring (bicyclic) bond motifs is 1. The van der Waals surface area contributed by atoms with Gasteiger partial charge in [-0.1, -0.05) is 12.1 Å². The average molecular weight is 574 g/mol. The number of para-hydroxylation sites is 1. The molecule has 1 fully saturated rings. The highest BCUT2D eigenvalue weighted by Crippen LogP contribution is 2.30. The fraction of sp³-hybridized carbons (Fsp3) is 0.259. The maximum absolute atomic E-state index is 14.2. The maximum atomic E-state index is 14.2. The van der Waals surface area contributed by atoms with E-state index in [-0.39, 0.29) is 22.8 Å². The van der Waals surface area contributed by atoms with Crippen molar-refractivity contribution in [1.29, 1.82) is 0 Å². The van der Waals surface area contributed by atoms with Gasteiger partial charge in [-0.2, -0.15) is 13.2 Å². The largest absolute Gasteiger partial charge is 0.416 e. The highest BCUT2D eigenvalue weighted by Gasteiger charge is 2.30. The van der Waals surface area contributed by atoms with Gasteiger partial charge in [0.2, 0.25) is 5.91 Å². The quantitative estimate of drug-likeness (QED) is 0.355. The van der Waals surface area contributed by atoms with Gasteiger partial charge in [-0.05, 0) is 48.9 Å². The number of thiophene rings is 1. The van der Waals surface area contributed by atoms with Crippen LogP contribution >= 0.6 is 11.3 Å². The lowest BCUT2D eigenvalue weighted by Gasteiger charge is -2.36. The van der Waals surface area contributed by atoms with E-state index in [0.29, 0.717) is 47.1 Å². The summed E-state index contributed by atoms with van der Waals surface area (Å²) in [5.74, 6) is -1.20. The van der Waals surface area contributed by atoms with Crippen molar-refractivity contribution in [1.82, 2.24) is 14.5 Å². The lowest BCUT2D eigenvalue weighted by Crippen LogP contribution is -2.49. The molecule has 1 saturated heterocycles. The number of aromatic nitrogens is 2. The number of nitrogens with one attached hydrogen (secondary N) is 1. The Hall–Kier alpha value is -4.26. The molecule has 2 aromatic carbocycles. The number of benzene rings is 2. The molecule has 1 N–H and O–H groups in total. The zero-order valence-corrected chi connectivity index (χ0v) is 22.0. The van der Waals surface area contributed by atoms with Gasteiger partial charge in [0, 0.05) is 31.9 Å². The van der Waals surface area contributed by atoms with E-state index in [1.807, 2.05) is 4.90 Å². The summed E-state index contributed by atoms with van der Waals surface area (Å²) in [4.78, 5) is 47.6. The number of nitrogens with zero attached hydrogens (tertiary/aromatic N) is 4. The highest BCUT2D eigenvalue weighted by molar-refractivity contribution is 7.20. The number of hydrogen-bond donors (Lipinski definition) is 1. The van der Waals surface area contributed by atoms with E-state index in [2.05, 4.69) is 10.3 Å². The van der Waals surface area contributed by atoms with Crippen molar-refractivity contribution < 1.29 is 27.2 Å². The van der Waals surface area contributed by atoms with Crippen LogP contribution in [0.2, 0.25) is 0 Å². The molecule has 2 aromatic heterocycles. The molecule has 0 aliphatic carbocycles. The molecule has 1 aliphatic rings. The van der Waals surface area contributed by atoms with E-state index in [0.717, 1.165) is 40.2 Å². The molecule has 13 heteroatoms. The van der Waals surface area contributed by atoms with E-state index in [1.165, 1.54) is 12.4 Å². The van der Waals surface area contributed by atoms with Crippen LogP contribution in [0.5, 0.6) is 0 Å². The predicted molar refractivity (Wildman–Crippen MR) is 143 cm³/mol. The second-order valence-corrected chi connectivity index (χ2v) is 10.3. The minimum absolute atomic E-state index is 0.148. The van der Waals surface area contributed by atoms with Crippen LogP contribution in [0.4, 0.5) is 28.9 Å². The molecule has 40 heavy (non-hydrogen) atoms. The minimum atomic E-state index is -4.49. The number of hydrogen-bond acceptors (Lipinski definition) is 6. The smallest absolute Gasteiger partial charge is 0.366 e. The average Bonchev–Trinajstić information content (AvgIpc) is 3.27. The summed E-state index contributed by atoms with van der Waals surface area (Å²) in [6.45, 7) is 2.90. The van der Waals surface area contributed by atoms with Crippen LogP contribution in [0.1, 0.15) is 20.8 Å². The van der Waals surface area contributed by atoms with Crippen molar-refractivity contribution in [3.8, 4) is 0 Å². The first-order valence-corrected chi connectivity index (χ1v) is 13.1. The van der Waals surface area contributed by atoms with Gasteiger partial charge >= 0.3 is 6.18 Å². The van der Waals surface area contributed by atoms with E-state index < -0.39 is 29.8 Å². The van der Waals surface area contributed by atoms with Gasteiger partial charge in [0.05, 0.1) is 27.8 Å². The summed E-state index contributed by atoms with van der Waals surface area (Å²) in [5.41, 5.74) is -0.266. The van der Waals surface area contributed by atoms with Gasteiger partial charge < -0.3 is 15.1 Å². The van der Waals surface area contributed by atoms with E-state index >= 15 is 0 Å². The number of aryl methyl sites for hydroxylation is 1. The molecule has 4 aromatic rings. The van der Waals surface area contributed by atoms with Crippen LogP contribution in [0.3, 0.4) is 0 Å². The second-order valence-electron chi connectivity index (χ2n) is 9.27. The van der Waals surface area contributed by atoms with Crippen molar-refractivity contribution in [2.24, 2.45) is 0 Å². The molecule has 1 aliphatic heterocycles. The summed E-state index contributed by atoms with van der Waals surface area (Å²) >= 11 is 1.09. The third kappa shape index (κ3) is 5.41. The van der Waals surface area contributed by atoms with Gasteiger partial charge in [-0.3, -0.25) is 19.0 Å². The van der Waals surface area contributed by atoms with Crippen LogP contribution < -0.4 is 15.8 Å². The van der Waals surface area contributed by atoms with Gasteiger partial charge in [0.25, 0.3) is 11.5 Å². The van der Waals surface area contributed by atoms with E-state index in [1.54, 1.807) is 30.0 Å². The van der Waals surface area contributed by atoms with Crippen molar-refractivity contribution in [3.63, 3.8) is 0 Å². The molecule has 0 spiro atoms. The summed E-state index contributed by atoms with van der Waals surface area (Å²) in [5, 5.41) is 2.69. The third-order valence-electron chi connectivity index (χ3n) is 6.68. The topological polar surface area (TPSA) is 87.5 Å². The number of alkyl halides is 3. The molecular formula is C27H23F4N5O3S. The molecule has 208 valence electrons. The van der Waals surface area contributed by atoms with Crippen LogP contribution in [-0.4, -0.2) is 52.4 Å². The van der Waals surface area contributed by atoms with Crippen molar-refractivity contribution in [2.45, 2.75) is 19.6 Å². The molecule has 5 rings (SSSR count). The fourth-order valence-electron chi connectivity index (χ4n) is 4.58. The van der Waals surface area contributed by atoms with Gasteiger partial charge in [-0.15, -0.1) is 11.3 Å². The Labute approximate surface area is 229 Å². The van der Waals surface area contributed by atoms with Gasteiger partial charge in [-0.25, -0.2) is 9.37 Å². The van der Waals surface area contributed by atoms with Crippen molar-refractivity contribution >= 4 is 44.7 Å². The number of carbonyl (C=O) groups excluding carboxylic acids is 2.